The number of para-hydroxylation sites is 6. The van der Waals surface area contributed by atoms with Crippen molar-refractivity contribution < 1.29 is 26.5 Å². The summed E-state index contributed by atoms with van der Waals surface area (Å²) in [6.07, 6.45) is 0. The van der Waals surface area contributed by atoms with Gasteiger partial charge in [-0.1, -0.05) is 237 Å². The number of hydrogen-bond acceptors (Lipinski definition) is 12. The van der Waals surface area contributed by atoms with Gasteiger partial charge in [0.2, 0.25) is 0 Å². The molecule has 530 valence electrons. The van der Waals surface area contributed by atoms with Gasteiger partial charge < -0.3 is 26.5 Å². The van der Waals surface area contributed by atoms with Crippen LogP contribution >= 0.6 is 0 Å². The maximum atomic E-state index is 7.40. The molecule has 0 aliphatic rings. The van der Waals surface area contributed by atoms with Crippen LogP contribution in [0.5, 0.6) is 0 Å². The van der Waals surface area contributed by atoms with Gasteiger partial charge in [-0.3, -0.25) is 0 Å². The Morgan fingerprint density at radius 1 is 0.132 bits per heavy atom. The monoisotopic (exact) mass is 1460 g/mol. The first kappa shape index (κ1) is 63.3. The SMILES string of the molecule is c1ccc(-c2nc(-c3ccccc3)nc(-c3cccc4c3oc3c(-c5ccc6c(c5)oc5ccc(-c7cc(-c8cc(-c9cccc%10c9oc9ccccc9%10)c9oc%10c(-c%11nc(-c%12ccccc%12)nc(-c%12ccccc%12)n%11)cccc%10c9c8)c8oc9ccccc9c8c7)cc56)cc(-c5ccc6c(c5)oc5ccccc56)cc34)n2)cc1. The van der Waals surface area contributed by atoms with E-state index in [1.807, 2.05) is 176 Å². The lowest BCUT2D eigenvalue weighted by Crippen LogP contribution is -2.00. The highest BCUT2D eigenvalue weighted by molar-refractivity contribution is 6.21. The van der Waals surface area contributed by atoms with Crippen LogP contribution in [0.4, 0.5) is 0 Å². The second-order valence-corrected chi connectivity index (χ2v) is 29.1. The van der Waals surface area contributed by atoms with Crippen LogP contribution in [0, 0.1) is 0 Å². The fraction of sp³-hybridized carbons (Fsp3) is 0. The van der Waals surface area contributed by atoms with E-state index in [1.165, 1.54) is 0 Å². The minimum Gasteiger partial charge on any atom is -0.456 e. The zero-order chi connectivity index (χ0) is 74.6. The Morgan fingerprint density at radius 3 is 0.965 bits per heavy atom. The smallest absolute Gasteiger partial charge is 0.167 e. The normalized spacial score (nSPS) is 12.0. The van der Waals surface area contributed by atoms with Crippen LogP contribution in [0.25, 0.3) is 256 Å². The molecule has 0 aliphatic heterocycles. The summed E-state index contributed by atoms with van der Waals surface area (Å²) >= 11 is 0. The van der Waals surface area contributed by atoms with Crippen molar-refractivity contribution in [3.8, 4) is 124 Å². The number of aromatic nitrogens is 6. The van der Waals surface area contributed by atoms with Crippen molar-refractivity contribution in [2.24, 2.45) is 0 Å². The summed E-state index contributed by atoms with van der Waals surface area (Å²) in [5, 5.41) is 11.7. The second kappa shape index (κ2) is 24.9. The number of rotatable bonds is 11. The van der Waals surface area contributed by atoms with Gasteiger partial charge >= 0.3 is 0 Å². The predicted octanol–water partition coefficient (Wildman–Crippen LogP) is 27.8. The Hall–Kier alpha value is -15.7. The van der Waals surface area contributed by atoms with Gasteiger partial charge in [0.15, 0.2) is 34.9 Å². The third-order valence-electron chi connectivity index (χ3n) is 22.4. The maximum absolute atomic E-state index is 7.40. The standard InChI is InChI=1S/C102H56N6O6/c1-5-22-57(23-6-1)97-103-98(58-24-7-2-8-25-58)106-101(105-97)76-37-20-35-74-82-52-65(62-42-45-70-67-30-13-16-39-85(67)109-89(70)55-62)49-78(95(82)113-92(74)76)63-43-46-71-80-48-61(44-47-88(80)110-90(71)56-63)64-50-79(94-81(51-64)69-32-15-18-41-87(69)112-94)66-53-83(73-34-19-33-72-68-31-14-17-40-86(68)111-91(72)73)96-84(54-66)75-36-21-38-77(93(75)114-96)102-107-99(59-26-9-3-10-27-59)104-100(108-102)60-28-11-4-12-29-60/h1-56H. The molecule has 16 aromatic carbocycles. The number of benzene rings is 16. The van der Waals surface area contributed by atoms with Crippen LogP contribution in [-0.2, 0) is 0 Å². The van der Waals surface area contributed by atoms with Crippen LogP contribution < -0.4 is 0 Å². The third kappa shape index (κ3) is 10.1. The molecule has 0 unspecified atom stereocenters. The van der Waals surface area contributed by atoms with E-state index >= 15 is 0 Å². The van der Waals surface area contributed by atoms with Crippen molar-refractivity contribution in [2.45, 2.75) is 0 Å². The van der Waals surface area contributed by atoms with Crippen molar-refractivity contribution in [3.63, 3.8) is 0 Å². The third-order valence-corrected chi connectivity index (χ3v) is 22.4. The number of fused-ring (bicyclic) bond motifs is 18. The van der Waals surface area contributed by atoms with E-state index in [2.05, 4.69) is 164 Å². The Labute approximate surface area is 647 Å². The van der Waals surface area contributed by atoms with Gasteiger partial charge in [-0.05, 0) is 137 Å². The van der Waals surface area contributed by atoms with Crippen molar-refractivity contribution in [3.05, 3.63) is 340 Å². The van der Waals surface area contributed by atoms with Crippen molar-refractivity contribution >= 4 is 132 Å². The Balaban J connectivity index is 0.678. The number of furan rings is 6. The quantitative estimate of drug-likeness (QED) is 0.121. The number of nitrogens with zero attached hydrogens (tertiary/aromatic N) is 6. The molecule has 24 rings (SSSR count). The first-order valence-electron chi connectivity index (χ1n) is 37.9. The van der Waals surface area contributed by atoms with Gasteiger partial charge in [-0.2, -0.15) is 0 Å². The van der Waals surface area contributed by atoms with E-state index < -0.39 is 0 Å². The highest BCUT2D eigenvalue weighted by Crippen LogP contribution is 2.50. The molecule has 0 bridgehead atoms. The van der Waals surface area contributed by atoms with E-state index in [9.17, 15) is 0 Å². The molecule has 0 radical (unpaired) electrons. The average Bonchev–Trinajstić information content (AvgIpc) is 1.58. The van der Waals surface area contributed by atoms with E-state index in [4.69, 9.17) is 56.4 Å². The Bertz CT molecular complexity index is 8000. The second-order valence-electron chi connectivity index (χ2n) is 29.1. The highest BCUT2D eigenvalue weighted by atomic mass is 16.4. The van der Waals surface area contributed by atoms with Crippen LogP contribution in [0.3, 0.4) is 0 Å². The summed E-state index contributed by atoms with van der Waals surface area (Å²) in [5.41, 5.74) is 23.1. The van der Waals surface area contributed by atoms with Gasteiger partial charge in [0.25, 0.3) is 0 Å². The van der Waals surface area contributed by atoms with Crippen LogP contribution in [0.15, 0.2) is 366 Å². The van der Waals surface area contributed by atoms with E-state index in [0.717, 1.165) is 198 Å². The first-order chi connectivity index (χ1) is 56.4. The van der Waals surface area contributed by atoms with Gasteiger partial charge in [-0.15, -0.1) is 0 Å². The molecule has 114 heavy (non-hydrogen) atoms. The largest absolute Gasteiger partial charge is 0.456 e. The first-order valence-corrected chi connectivity index (χ1v) is 37.9. The van der Waals surface area contributed by atoms with Gasteiger partial charge in [0, 0.05) is 109 Å². The molecule has 0 spiro atoms. The summed E-state index contributed by atoms with van der Waals surface area (Å²) in [7, 11) is 0. The zero-order valence-corrected chi connectivity index (χ0v) is 60.5. The molecule has 0 saturated carbocycles. The Kier molecular flexibility index (Phi) is 13.8. The molecule has 12 heteroatoms. The molecule has 12 nitrogen and oxygen atoms in total. The summed E-state index contributed by atoms with van der Waals surface area (Å²) in [5.74, 6) is 3.22. The topological polar surface area (TPSA) is 156 Å². The summed E-state index contributed by atoms with van der Waals surface area (Å²) in [4.78, 5) is 30.9. The molecule has 8 heterocycles. The van der Waals surface area contributed by atoms with Gasteiger partial charge in [-0.25, -0.2) is 29.9 Å². The Morgan fingerprint density at radius 2 is 0.439 bits per heavy atom. The van der Waals surface area contributed by atoms with Crippen molar-refractivity contribution in [1.29, 1.82) is 0 Å². The lowest BCUT2D eigenvalue weighted by atomic mass is 9.91. The summed E-state index contributed by atoms with van der Waals surface area (Å²) < 4.78 is 42.2. The maximum Gasteiger partial charge on any atom is 0.167 e. The minimum atomic E-state index is 0.487. The van der Waals surface area contributed by atoms with Crippen molar-refractivity contribution in [2.75, 3.05) is 0 Å². The van der Waals surface area contributed by atoms with Gasteiger partial charge in [0.1, 0.15) is 67.0 Å². The summed E-state index contributed by atoms with van der Waals surface area (Å²) in [6, 6.07) is 117. The molecule has 8 aromatic heterocycles. The highest BCUT2D eigenvalue weighted by Gasteiger charge is 2.28. The van der Waals surface area contributed by atoms with Gasteiger partial charge in [0.05, 0.1) is 11.1 Å². The zero-order valence-electron chi connectivity index (χ0n) is 60.5. The van der Waals surface area contributed by atoms with Crippen LogP contribution in [0.2, 0.25) is 0 Å². The minimum absolute atomic E-state index is 0.487. The lowest BCUT2D eigenvalue weighted by molar-refractivity contribution is 0.665. The van der Waals surface area contributed by atoms with E-state index in [-0.39, 0.29) is 0 Å². The van der Waals surface area contributed by atoms with E-state index in [0.29, 0.717) is 57.3 Å². The van der Waals surface area contributed by atoms with E-state index in [1.54, 1.807) is 0 Å². The molecule has 0 atom stereocenters. The molecule has 0 saturated heterocycles. The van der Waals surface area contributed by atoms with Crippen LogP contribution in [0.1, 0.15) is 0 Å². The fourth-order valence-electron chi connectivity index (χ4n) is 16.9. The predicted molar refractivity (Wildman–Crippen MR) is 457 cm³/mol. The average molecular weight is 1460 g/mol. The summed E-state index contributed by atoms with van der Waals surface area (Å²) in [6.45, 7) is 0. The molecule has 0 amide bonds. The molecular weight excluding hydrogens is 1410 g/mol. The molecule has 0 N–H and O–H groups in total. The van der Waals surface area contributed by atoms with Crippen molar-refractivity contribution in [1.82, 2.24) is 29.9 Å². The molecule has 0 aliphatic carbocycles. The number of hydrogen-bond donors (Lipinski definition) is 0. The van der Waals surface area contributed by atoms with Crippen LogP contribution in [-0.4, -0.2) is 29.9 Å². The molecular formula is C102H56N6O6. The lowest BCUT2D eigenvalue weighted by Gasteiger charge is -2.11. The molecule has 0 fully saturated rings. The molecule has 24 aromatic rings. The fourth-order valence-corrected chi connectivity index (χ4v) is 16.9.